The summed E-state index contributed by atoms with van der Waals surface area (Å²) in [5.74, 6) is 2.56. The highest BCUT2D eigenvalue weighted by atomic mass is 16.4. The number of hydrogen-bond acceptors (Lipinski definition) is 3. The lowest BCUT2D eigenvalue weighted by Crippen LogP contribution is -2.19. The van der Waals surface area contributed by atoms with E-state index in [0.717, 1.165) is 24.6 Å². The van der Waals surface area contributed by atoms with Crippen molar-refractivity contribution in [3.05, 3.63) is 17.8 Å². The van der Waals surface area contributed by atoms with Crippen molar-refractivity contribution in [3.8, 4) is 0 Å². The first-order valence-electron chi connectivity index (χ1n) is 7.00. The highest BCUT2D eigenvalue weighted by Gasteiger charge is 2.20. The second-order valence-electron chi connectivity index (χ2n) is 5.11. The van der Waals surface area contributed by atoms with Gasteiger partial charge in [-0.15, -0.1) is 0 Å². The van der Waals surface area contributed by atoms with Crippen LogP contribution < -0.4 is 5.32 Å². The maximum Gasteiger partial charge on any atom is 0.211 e. The van der Waals surface area contributed by atoms with Crippen LogP contribution in [-0.2, 0) is 0 Å². The summed E-state index contributed by atoms with van der Waals surface area (Å²) in [5.41, 5.74) is 0. The van der Waals surface area contributed by atoms with Gasteiger partial charge in [0.25, 0.3) is 0 Å². The second kappa shape index (κ2) is 6.20. The van der Waals surface area contributed by atoms with Gasteiger partial charge in [-0.1, -0.05) is 26.2 Å². The zero-order valence-electron chi connectivity index (χ0n) is 11.0. The predicted molar refractivity (Wildman–Crippen MR) is 69.0 cm³/mol. The van der Waals surface area contributed by atoms with Crippen LogP contribution in [0.15, 0.2) is 10.6 Å². The molecule has 1 atom stereocenters. The molecule has 1 heterocycles. The second-order valence-corrected chi connectivity index (χ2v) is 5.11. The average molecular weight is 236 g/mol. The van der Waals surface area contributed by atoms with Crippen LogP contribution in [0.1, 0.15) is 76.0 Å². The largest absolute Gasteiger partial charge is 0.444 e. The number of nitrogens with one attached hydrogen (secondary N) is 1. The summed E-state index contributed by atoms with van der Waals surface area (Å²) in [6.07, 6.45) is 9.67. The molecular formula is C14H24N2O. The fourth-order valence-electron chi connectivity index (χ4n) is 2.52. The minimum absolute atomic E-state index is 0.229. The molecule has 1 aromatic rings. The van der Waals surface area contributed by atoms with Gasteiger partial charge in [-0.05, 0) is 32.7 Å². The Morgan fingerprint density at radius 2 is 2.18 bits per heavy atom. The molecule has 0 aromatic carbocycles. The van der Waals surface area contributed by atoms with Gasteiger partial charge in [-0.25, -0.2) is 4.98 Å². The standard InChI is InChI=1S/C14H24N2O/c1-3-9-15-11(2)14-16-10-13(17-14)12-7-5-4-6-8-12/h10-12,15H,3-9H2,1-2H3. The molecular weight excluding hydrogens is 212 g/mol. The Bertz CT molecular complexity index is 329. The molecule has 3 nitrogen and oxygen atoms in total. The third-order valence-corrected chi connectivity index (χ3v) is 3.62. The Hall–Kier alpha value is -0.830. The number of nitrogens with zero attached hydrogens (tertiary/aromatic N) is 1. The Morgan fingerprint density at radius 1 is 1.41 bits per heavy atom. The molecule has 1 aliphatic rings. The molecule has 17 heavy (non-hydrogen) atoms. The van der Waals surface area contributed by atoms with Gasteiger partial charge in [0.1, 0.15) is 5.76 Å². The highest BCUT2D eigenvalue weighted by Crippen LogP contribution is 2.33. The SMILES string of the molecule is CCCNC(C)c1ncc(C2CCCCC2)o1. The smallest absolute Gasteiger partial charge is 0.211 e. The molecule has 96 valence electrons. The normalized spacial score (nSPS) is 19.4. The Morgan fingerprint density at radius 3 is 2.88 bits per heavy atom. The van der Waals surface area contributed by atoms with E-state index in [9.17, 15) is 0 Å². The van der Waals surface area contributed by atoms with E-state index in [0.29, 0.717) is 5.92 Å². The number of hydrogen-bond donors (Lipinski definition) is 1. The quantitative estimate of drug-likeness (QED) is 0.845. The number of oxazole rings is 1. The van der Waals surface area contributed by atoms with Crippen molar-refractivity contribution in [2.45, 2.75) is 64.3 Å². The van der Waals surface area contributed by atoms with Gasteiger partial charge in [-0.2, -0.15) is 0 Å². The molecule has 1 saturated carbocycles. The van der Waals surface area contributed by atoms with Crippen LogP contribution >= 0.6 is 0 Å². The molecule has 0 bridgehead atoms. The molecule has 0 saturated heterocycles. The minimum Gasteiger partial charge on any atom is -0.444 e. The number of aromatic nitrogens is 1. The van der Waals surface area contributed by atoms with Gasteiger partial charge in [0.2, 0.25) is 5.89 Å². The molecule has 2 rings (SSSR count). The van der Waals surface area contributed by atoms with Crippen LogP contribution in [0.3, 0.4) is 0 Å². The van der Waals surface area contributed by atoms with Crippen molar-refractivity contribution < 1.29 is 4.42 Å². The third-order valence-electron chi connectivity index (χ3n) is 3.62. The molecule has 1 N–H and O–H groups in total. The van der Waals surface area contributed by atoms with Crippen LogP contribution in [0.4, 0.5) is 0 Å². The summed E-state index contributed by atoms with van der Waals surface area (Å²) < 4.78 is 5.91. The van der Waals surface area contributed by atoms with Crippen molar-refractivity contribution in [2.24, 2.45) is 0 Å². The number of rotatable bonds is 5. The first-order chi connectivity index (χ1) is 8.31. The molecule has 1 aromatic heterocycles. The van der Waals surface area contributed by atoms with Crippen LogP contribution in [0.5, 0.6) is 0 Å². The van der Waals surface area contributed by atoms with Gasteiger partial charge in [-0.3, -0.25) is 0 Å². The minimum atomic E-state index is 0.229. The van der Waals surface area contributed by atoms with Crippen molar-refractivity contribution in [2.75, 3.05) is 6.54 Å². The lowest BCUT2D eigenvalue weighted by Gasteiger charge is -2.18. The van der Waals surface area contributed by atoms with Crippen molar-refractivity contribution in [1.29, 1.82) is 0 Å². The maximum atomic E-state index is 5.91. The fourth-order valence-corrected chi connectivity index (χ4v) is 2.52. The van der Waals surface area contributed by atoms with Gasteiger partial charge in [0.15, 0.2) is 0 Å². The van der Waals surface area contributed by atoms with Gasteiger partial charge >= 0.3 is 0 Å². The van der Waals surface area contributed by atoms with E-state index in [1.54, 1.807) is 0 Å². The molecule has 1 aliphatic carbocycles. The molecule has 1 fully saturated rings. The van der Waals surface area contributed by atoms with Gasteiger partial charge < -0.3 is 9.73 Å². The summed E-state index contributed by atoms with van der Waals surface area (Å²) in [5, 5.41) is 3.41. The monoisotopic (exact) mass is 236 g/mol. The molecule has 0 radical (unpaired) electrons. The average Bonchev–Trinajstić information content (AvgIpc) is 2.86. The third kappa shape index (κ3) is 3.32. The molecule has 3 heteroatoms. The predicted octanol–water partition coefficient (Wildman–Crippen LogP) is 3.78. The highest BCUT2D eigenvalue weighted by molar-refractivity contribution is 5.04. The Labute approximate surface area is 104 Å². The molecule has 0 spiro atoms. The molecule has 0 amide bonds. The topological polar surface area (TPSA) is 38.1 Å². The molecule has 1 unspecified atom stereocenters. The van der Waals surface area contributed by atoms with Gasteiger partial charge in [0, 0.05) is 5.92 Å². The summed E-state index contributed by atoms with van der Waals surface area (Å²) in [7, 11) is 0. The summed E-state index contributed by atoms with van der Waals surface area (Å²) in [6.45, 7) is 5.30. The van der Waals surface area contributed by atoms with Crippen molar-refractivity contribution >= 4 is 0 Å². The zero-order chi connectivity index (χ0) is 12.1. The van der Waals surface area contributed by atoms with E-state index in [4.69, 9.17) is 4.42 Å². The van der Waals surface area contributed by atoms with Crippen LogP contribution in [0.25, 0.3) is 0 Å². The van der Waals surface area contributed by atoms with Crippen LogP contribution in [0.2, 0.25) is 0 Å². The van der Waals surface area contributed by atoms with E-state index in [1.165, 1.54) is 32.1 Å². The van der Waals surface area contributed by atoms with E-state index >= 15 is 0 Å². The van der Waals surface area contributed by atoms with E-state index in [-0.39, 0.29) is 6.04 Å². The summed E-state index contributed by atoms with van der Waals surface area (Å²) in [6, 6.07) is 0.229. The first kappa shape index (κ1) is 12.6. The fraction of sp³-hybridized carbons (Fsp3) is 0.786. The van der Waals surface area contributed by atoms with Crippen molar-refractivity contribution in [3.63, 3.8) is 0 Å². The Kier molecular flexibility index (Phi) is 4.60. The van der Waals surface area contributed by atoms with E-state index < -0.39 is 0 Å². The lowest BCUT2D eigenvalue weighted by atomic mass is 9.88. The van der Waals surface area contributed by atoms with Crippen molar-refractivity contribution in [1.82, 2.24) is 10.3 Å². The Balaban J connectivity index is 1.94. The molecule has 0 aliphatic heterocycles. The van der Waals surface area contributed by atoms with E-state index in [1.807, 2.05) is 6.20 Å². The maximum absolute atomic E-state index is 5.91. The summed E-state index contributed by atoms with van der Waals surface area (Å²) in [4.78, 5) is 4.42. The van der Waals surface area contributed by atoms with E-state index in [2.05, 4.69) is 24.1 Å². The van der Waals surface area contributed by atoms with Crippen LogP contribution in [0, 0.1) is 0 Å². The van der Waals surface area contributed by atoms with Crippen LogP contribution in [-0.4, -0.2) is 11.5 Å². The zero-order valence-corrected chi connectivity index (χ0v) is 11.0. The van der Waals surface area contributed by atoms with Gasteiger partial charge in [0.05, 0.1) is 12.2 Å². The lowest BCUT2D eigenvalue weighted by molar-refractivity contribution is 0.340. The summed E-state index contributed by atoms with van der Waals surface area (Å²) >= 11 is 0. The first-order valence-corrected chi connectivity index (χ1v) is 7.00.